The minimum Gasteiger partial charge on any atom is -0.493 e. The molecule has 1 N–H and O–H groups in total. The van der Waals surface area contributed by atoms with Gasteiger partial charge in [-0.15, -0.1) is 0 Å². The standard InChI is InChI=1S/C15H20ClNO/c1-2-17-13-6-4-3-5-11-14(13)12(16)9-10-7-8-18-15(10)11/h9,13,17H,2-8H2,1H3. The van der Waals surface area contributed by atoms with Gasteiger partial charge in [-0.3, -0.25) is 0 Å². The average Bonchev–Trinajstić information content (AvgIpc) is 2.71. The summed E-state index contributed by atoms with van der Waals surface area (Å²) in [6, 6.07) is 2.52. The van der Waals surface area contributed by atoms with Gasteiger partial charge in [0.1, 0.15) is 5.75 Å². The third-order valence-electron chi connectivity index (χ3n) is 4.04. The number of hydrogen-bond donors (Lipinski definition) is 1. The molecule has 3 heteroatoms. The fourth-order valence-corrected chi connectivity index (χ4v) is 3.63. The Morgan fingerprint density at radius 3 is 3.11 bits per heavy atom. The summed E-state index contributed by atoms with van der Waals surface area (Å²) in [5, 5.41) is 4.51. The largest absolute Gasteiger partial charge is 0.493 e. The molecule has 0 amide bonds. The molecule has 1 unspecified atom stereocenters. The third kappa shape index (κ3) is 2.02. The monoisotopic (exact) mass is 265 g/mol. The van der Waals surface area contributed by atoms with Gasteiger partial charge in [-0.2, -0.15) is 0 Å². The van der Waals surface area contributed by atoms with Gasteiger partial charge in [0.15, 0.2) is 0 Å². The summed E-state index contributed by atoms with van der Waals surface area (Å²) in [6.07, 6.45) is 5.80. The molecule has 0 aromatic heterocycles. The Labute approximate surface area is 114 Å². The second-order valence-electron chi connectivity index (χ2n) is 5.19. The van der Waals surface area contributed by atoms with Crippen LogP contribution >= 0.6 is 11.6 Å². The van der Waals surface area contributed by atoms with Gasteiger partial charge in [0.25, 0.3) is 0 Å². The van der Waals surface area contributed by atoms with E-state index in [1.807, 2.05) is 0 Å². The maximum absolute atomic E-state index is 6.53. The number of halogens is 1. The zero-order chi connectivity index (χ0) is 12.5. The van der Waals surface area contributed by atoms with Crippen molar-refractivity contribution in [2.45, 2.75) is 45.1 Å². The van der Waals surface area contributed by atoms with E-state index >= 15 is 0 Å². The van der Waals surface area contributed by atoms with E-state index in [1.54, 1.807) is 0 Å². The lowest BCUT2D eigenvalue weighted by Gasteiger charge is -2.21. The maximum atomic E-state index is 6.53. The van der Waals surface area contributed by atoms with E-state index in [4.69, 9.17) is 16.3 Å². The molecule has 2 aliphatic rings. The molecule has 1 heterocycles. The first kappa shape index (κ1) is 12.3. The normalized spacial score (nSPS) is 22.0. The van der Waals surface area contributed by atoms with Gasteiger partial charge in [-0.25, -0.2) is 0 Å². The molecule has 0 saturated heterocycles. The molecule has 0 fully saturated rings. The molecule has 0 spiro atoms. The van der Waals surface area contributed by atoms with Gasteiger partial charge >= 0.3 is 0 Å². The van der Waals surface area contributed by atoms with E-state index in [1.165, 1.54) is 36.0 Å². The molecule has 0 bridgehead atoms. The molecule has 3 rings (SSSR count). The summed E-state index contributed by atoms with van der Waals surface area (Å²) in [4.78, 5) is 0. The van der Waals surface area contributed by atoms with E-state index < -0.39 is 0 Å². The Morgan fingerprint density at radius 2 is 2.28 bits per heavy atom. The maximum Gasteiger partial charge on any atom is 0.126 e. The molecular weight excluding hydrogens is 246 g/mol. The van der Waals surface area contributed by atoms with Crippen LogP contribution in [0.25, 0.3) is 0 Å². The number of rotatable bonds is 2. The van der Waals surface area contributed by atoms with Crippen LogP contribution in [0.4, 0.5) is 0 Å². The van der Waals surface area contributed by atoms with Crippen LogP contribution in [0.5, 0.6) is 5.75 Å². The predicted molar refractivity (Wildman–Crippen MR) is 74.6 cm³/mol. The SMILES string of the molecule is CCNC1CCCCc2c3c(cc(Cl)c21)CCO3. The highest BCUT2D eigenvalue weighted by molar-refractivity contribution is 6.31. The minimum atomic E-state index is 0.398. The highest BCUT2D eigenvalue weighted by atomic mass is 35.5. The van der Waals surface area contributed by atoms with Crippen LogP contribution in [-0.4, -0.2) is 13.2 Å². The zero-order valence-corrected chi connectivity index (χ0v) is 11.6. The van der Waals surface area contributed by atoms with Crippen LogP contribution < -0.4 is 10.1 Å². The Bertz CT molecular complexity index is 458. The smallest absolute Gasteiger partial charge is 0.126 e. The van der Waals surface area contributed by atoms with Crippen molar-refractivity contribution in [3.63, 3.8) is 0 Å². The van der Waals surface area contributed by atoms with E-state index in [0.717, 1.165) is 36.8 Å². The van der Waals surface area contributed by atoms with Crippen molar-refractivity contribution in [1.82, 2.24) is 5.32 Å². The lowest BCUT2D eigenvalue weighted by atomic mass is 9.95. The van der Waals surface area contributed by atoms with E-state index in [0.29, 0.717) is 6.04 Å². The molecule has 0 saturated carbocycles. The van der Waals surface area contributed by atoms with Crippen LogP contribution in [0.3, 0.4) is 0 Å². The molecule has 2 nitrogen and oxygen atoms in total. The topological polar surface area (TPSA) is 21.3 Å². The molecule has 18 heavy (non-hydrogen) atoms. The Kier molecular flexibility index (Phi) is 3.49. The van der Waals surface area contributed by atoms with E-state index in [-0.39, 0.29) is 0 Å². The number of hydrogen-bond acceptors (Lipinski definition) is 2. The van der Waals surface area contributed by atoms with E-state index in [2.05, 4.69) is 18.3 Å². The number of nitrogens with one attached hydrogen (secondary N) is 1. The van der Waals surface area contributed by atoms with Crippen LogP contribution in [0.1, 0.15) is 48.9 Å². The molecule has 98 valence electrons. The number of fused-ring (bicyclic) bond motifs is 3. The van der Waals surface area contributed by atoms with Crippen molar-refractivity contribution in [1.29, 1.82) is 0 Å². The molecule has 1 aliphatic heterocycles. The quantitative estimate of drug-likeness (QED) is 0.824. The van der Waals surface area contributed by atoms with Gasteiger partial charge in [0.2, 0.25) is 0 Å². The summed E-state index contributed by atoms with van der Waals surface area (Å²) in [7, 11) is 0. The number of ether oxygens (including phenoxy) is 1. The second kappa shape index (κ2) is 5.10. The average molecular weight is 266 g/mol. The van der Waals surface area contributed by atoms with Gasteiger partial charge in [0, 0.05) is 23.0 Å². The number of benzene rings is 1. The zero-order valence-electron chi connectivity index (χ0n) is 10.9. The van der Waals surface area contributed by atoms with Crippen LogP contribution in [0.15, 0.2) is 6.07 Å². The van der Waals surface area contributed by atoms with Crippen molar-refractivity contribution >= 4 is 11.6 Å². The summed E-state index contributed by atoms with van der Waals surface area (Å²) in [5.41, 5.74) is 3.98. The van der Waals surface area contributed by atoms with Gasteiger partial charge < -0.3 is 10.1 Å². The first-order chi connectivity index (χ1) is 8.81. The van der Waals surface area contributed by atoms with Crippen LogP contribution in [0, 0.1) is 0 Å². The Morgan fingerprint density at radius 1 is 1.39 bits per heavy atom. The highest BCUT2D eigenvalue weighted by Crippen LogP contribution is 2.42. The Balaban J connectivity index is 2.11. The van der Waals surface area contributed by atoms with Crippen molar-refractivity contribution < 1.29 is 4.74 Å². The van der Waals surface area contributed by atoms with E-state index in [9.17, 15) is 0 Å². The fraction of sp³-hybridized carbons (Fsp3) is 0.600. The molecular formula is C15H20ClNO. The second-order valence-corrected chi connectivity index (χ2v) is 5.60. The summed E-state index contributed by atoms with van der Waals surface area (Å²) < 4.78 is 5.85. The molecule has 1 aromatic rings. The predicted octanol–water partition coefficient (Wildman–Crippen LogP) is 3.65. The third-order valence-corrected chi connectivity index (χ3v) is 4.35. The minimum absolute atomic E-state index is 0.398. The summed E-state index contributed by atoms with van der Waals surface area (Å²) in [6.45, 7) is 3.95. The van der Waals surface area contributed by atoms with Crippen molar-refractivity contribution in [3.05, 3.63) is 27.8 Å². The molecule has 1 aliphatic carbocycles. The summed E-state index contributed by atoms with van der Waals surface area (Å²) >= 11 is 6.53. The molecule has 0 radical (unpaired) electrons. The fourth-order valence-electron chi connectivity index (χ4n) is 3.26. The highest BCUT2D eigenvalue weighted by Gasteiger charge is 2.27. The Hall–Kier alpha value is -0.730. The van der Waals surface area contributed by atoms with Crippen molar-refractivity contribution in [2.24, 2.45) is 0 Å². The lowest BCUT2D eigenvalue weighted by Crippen LogP contribution is -2.21. The molecule has 1 atom stereocenters. The van der Waals surface area contributed by atoms with Gasteiger partial charge in [-0.05, 0) is 43.0 Å². The van der Waals surface area contributed by atoms with Gasteiger partial charge in [0.05, 0.1) is 6.61 Å². The molecule has 1 aromatic carbocycles. The van der Waals surface area contributed by atoms with Crippen molar-refractivity contribution in [2.75, 3.05) is 13.2 Å². The summed E-state index contributed by atoms with van der Waals surface area (Å²) in [5.74, 6) is 1.14. The first-order valence-corrected chi connectivity index (χ1v) is 7.39. The van der Waals surface area contributed by atoms with Gasteiger partial charge in [-0.1, -0.05) is 24.9 Å². The van der Waals surface area contributed by atoms with Crippen LogP contribution in [0.2, 0.25) is 5.02 Å². The van der Waals surface area contributed by atoms with Crippen LogP contribution in [-0.2, 0) is 12.8 Å². The first-order valence-electron chi connectivity index (χ1n) is 7.01. The lowest BCUT2D eigenvalue weighted by molar-refractivity contribution is 0.352. The van der Waals surface area contributed by atoms with Crippen molar-refractivity contribution in [3.8, 4) is 5.75 Å².